The predicted molar refractivity (Wildman–Crippen MR) is 62.9 cm³/mol. The van der Waals surface area contributed by atoms with Gasteiger partial charge < -0.3 is 9.84 Å². The van der Waals surface area contributed by atoms with Gasteiger partial charge in [0.25, 0.3) is 0 Å². The molecule has 0 bridgehead atoms. The molecule has 4 nitrogen and oxygen atoms in total. The van der Waals surface area contributed by atoms with E-state index in [4.69, 9.17) is 4.74 Å². The van der Waals surface area contributed by atoms with E-state index >= 15 is 0 Å². The molecule has 1 fully saturated rings. The monoisotopic (exact) mass is 239 g/mol. The molecule has 96 valence electrons. The molecule has 3 atom stereocenters. The number of rotatable bonds is 4. The van der Waals surface area contributed by atoms with Crippen LogP contribution in [0.25, 0.3) is 0 Å². The van der Waals surface area contributed by atoms with Crippen molar-refractivity contribution in [2.45, 2.75) is 52.1 Å². The Morgan fingerprint density at radius 3 is 2.88 bits per heavy atom. The highest BCUT2D eigenvalue weighted by molar-refractivity contribution is 5.76. The van der Waals surface area contributed by atoms with Gasteiger partial charge in [-0.15, -0.1) is 0 Å². The van der Waals surface area contributed by atoms with E-state index in [1.54, 1.807) is 6.92 Å². The third-order valence-electron chi connectivity index (χ3n) is 3.72. The number of ether oxygens (including phenoxy) is 1. The average Bonchev–Trinajstić information content (AvgIpc) is 2.38. The van der Waals surface area contributed by atoms with Gasteiger partial charge >= 0.3 is 5.97 Å². The molecule has 0 aromatic rings. The topological polar surface area (TPSA) is 70.3 Å². The molecular weight excluding hydrogens is 218 g/mol. The first-order chi connectivity index (χ1) is 8.09. The summed E-state index contributed by atoms with van der Waals surface area (Å²) in [7, 11) is 0. The number of aliphatic hydroxyl groups is 1. The molecule has 1 saturated carbocycles. The molecule has 0 spiro atoms. The molecule has 0 aliphatic heterocycles. The molecule has 0 aromatic heterocycles. The van der Waals surface area contributed by atoms with Crippen LogP contribution >= 0.6 is 0 Å². The van der Waals surface area contributed by atoms with Gasteiger partial charge in [-0.3, -0.25) is 0 Å². The SMILES string of the molecule is CCOC(=O)C(O)C1(C#N)CCCC(CC)C1. The quantitative estimate of drug-likeness (QED) is 0.762. The lowest BCUT2D eigenvalue weighted by molar-refractivity contribution is -0.160. The number of aliphatic hydroxyl groups excluding tert-OH is 1. The van der Waals surface area contributed by atoms with Gasteiger partial charge in [0, 0.05) is 0 Å². The van der Waals surface area contributed by atoms with Gasteiger partial charge in [0.15, 0.2) is 6.10 Å². The van der Waals surface area contributed by atoms with Crippen LogP contribution in [-0.2, 0) is 9.53 Å². The summed E-state index contributed by atoms with van der Waals surface area (Å²) >= 11 is 0. The maximum absolute atomic E-state index is 11.6. The fourth-order valence-electron chi connectivity index (χ4n) is 2.63. The lowest BCUT2D eigenvalue weighted by atomic mass is 9.66. The first kappa shape index (κ1) is 14.0. The maximum atomic E-state index is 11.6. The molecule has 17 heavy (non-hydrogen) atoms. The molecule has 0 saturated heterocycles. The third kappa shape index (κ3) is 2.98. The number of nitrogens with zero attached hydrogens (tertiary/aromatic N) is 1. The molecule has 1 aliphatic rings. The van der Waals surface area contributed by atoms with Gasteiger partial charge in [-0.1, -0.05) is 26.2 Å². The van der Waals surface area contributed by atoms with Crippen molar-refractivity contribution in [1.29, 1.82) is 5.26 Å². The molecule has 0 heterocycles. The average molecular weight is 239 g/mol. The van der Waals surface area contributed by atoms with Crippen molar-refractivity contribution in [2.75, 3.05) is 6.61 Å². The minimum atomic E-state index is -1.30. The fourth-order valence-corrected chi connectivity index (χ4v) is 2.63. The van der Waals surface area contributed by atoms with Crippen molar-refractivity contribution >= 4 is 5.97 Å². The van der Waals surface area contributed by atoms with Crippen molar-refractivity contribution in [2.24, 2.45) is 11.3 Å². The highest BCUT2D eigenvalue weighted by Gasteiger charge is 2.46. The number of carbonyl (C=O) groups excluding carboxylic acids is 1. The van der Waals surface area contributed by atoms with Crippen LogP contribution in [-0.4, -0.2) is 23.8 Å². The van der Waals surface area contributed by atoms with E-state index in [0.29, 0.717) is 18.8 Å². The van der Waals surface area contributed by atoms with Crippen LogP contribution in [0.2, 0.25) is 0 Å². The van der Waals surface area contributed by atoms with E-state index in [9.17, 15) is 15.2 Å². The summed E-state index contributed by atoms with van der Waals surface area (Å²) in [6.07, 6.45) is 2.83. The van der Waals surface area contributed by atoms with Crippen LogP contribution in [0.5, 0.6) is 0 Å². The number of nitriles is 1. The summed E-state index contributed by atoms with van der Waals surface area (Å²) in [5, 5.41) is 19.4. The molecule has 0 aromatic carbocycles. The number of esters is 1. The summed E-state index contributed by atoms with van der Waals surface area (Å²) in [5.74, 6) is -0.238. The zero-order chi connectivity index (χ0) is 12.9. The van der Waals surface area contributed by atoms with Gasteiger partial charge in [0.2, 0.25) is 0 Å². The Labute approximate surface area is 103 Å². The van der Waals surface area contributed by atoms with Gasteiger partial charge in [0.1, 0.15) is 0 Å². The third-order valence-corrected chi connectivity index (χ3v) is 3.72. The molecule has 0 amide bonds. The first-order valence-electron chi connectivity index (χ1n) is 6.35. The van der Waals surface area contributed by atoms with Gasteiger partial charge in [-0.2, -0.15) is 5.26 Å². The van der Waals surface area contributed by atoms with E-state index in [1.165, 1.54) is 0 Å². The van der Waals surface area contributed by atoms with Crippen molar-refractivity contribution in [3.8, 4) is 6.07 Å². The Hall–Kier alpha value is -1.08. The van der Waals surface area contributed by atoms with Crippen LogP contribution in [0.3, 0.4) is 0 Å². The van der Waals surface area contributed by atoms with Crippen LogP contribution < -0.4 is 0 Å². The molecular formula is C13H21NO3. The van der Waals surface area contributed by atoms with Crippen molar-refractivity contribution in [1.82, 2.24) is 0 Å². The first-order valence-corrected chi connectivity index (χ1v) is 6.35. The minimum absolute atomic E-state index is 0.231. The van der Waals surface area contributed by atoms with Crippen LogP contribution in [0, 0.1) is 22.7 Å². The molecule has 1 rings (SSSR count). The van der Waals surface area contributed by atoms with Crippen LogP contribution in [0.15, 0.2) is 0 Å². The standard InChI is InChI=1S/C13H21NO3/c1-3-10-6-5-7-13(8-10,9-14)11(15)12(16)17-4-2/h10-11,15H,3-8H2,1-2H3. The molecule has 3 unspecified atom stereocenters. The van der Waals surface area contributed by atoms with Gasteiger partial charge in [-0.25, -0.2) is 4.79 Å². The van der Waals surface area contributed by atoms with E-state index in [-0.39, 0.29) is 6.61 Å². The predicted octanol–water partition coefficient (Wildman–Crippen LogP) is 2.02. The van der Waals surface area contributed by atoms with Crippen molar-refractivity contribution in [3.05, 3.63) is 0 Å². The van der Waals surface area contributed by atoms with E-state index < -0.39 is 17.5 Å². The Balaban J connectivity index is 2.80. The zero-order valence-corrected chi connectivity index (χ0v) is 10.6. The smallest absolute Gasteiger partial charge is 0.336 e. The second-order valence-corrected chi connectivity index (χ2v) is 4.79. The van der Waals surface area contributed by atoms with E-state index in [1.807, 2.05) is 0 Å². The second-order valence-electron chi connectivity index (χ2n) is 4.79. The maximum Gasteiger partial charge on any atom is 0.336 e. The highest BCUT2D eigenvalue weighted by Crippen LogP contribution is 2.43. The Morgan fingerprint density at radius 1 is 1.65 bits per heavy atom. The molecule has 1 N–H and O–H groups in total. The number of hydrogen-bond donors (Lipinski definition) is 1. The number of carbonyl (C=O) groups is 1. The van der Waals surface area contributed by atoms with E-state index in [2.05, 4.69) is 13.0 Å². The van der Waals surface area contributed by atoms with Crippen LogP contribution in [0.1, 0.15) is 46.0 Å². The summed E-state index contributed by atoms with van der Waals surface area (Å²) < 4.78 is 4.81. The zero-order valence-electron chi connectivity index (χ0n) is 10.6. The highest BCUT2D eigenvalue weighted by atomic mass is 16.5. The summed E-state index contributed by atoms with van der Waals surface area (Å²) in [6, 6.07) is 2.17. The normalized spacial score (nSPS) is 30.4. The lowest BCUT2D eigenvalue weighted by Gasteiger charge is -2.37. The molecule has 0 radical (unpaired) electrons. The summed E-state index contributed by atoms with van der Waals surface area (Å²) in [6.45, 7) is 4.00. The Bertz CT molecular complexity index is 310. The molecule has 1 aliphatic carbocycles. The number of hydrogen-bond acceptors (Lipinski definition) is 4. The minimum Gasteiger partial charge on any atom is -0.464 e. The fraction of sp³-hybridized carbons (Fsp3) is 0.846. The van der Waals surface area contributed by atoms with Crippen molar-refractivity contribution in [3.63, 3.8) is 0 Å². The summed E-state index contributed by atoms with van der Waals surface area (Å²) in [5.41, 5.74) is -0.939. The molecule has 4 heteroatoms. The van der Waals surface area contributed by atoms with Gasteiger partial charge in [0.05, 0.1) is 18.1 Å². The largest absolute Gasteiger partial charge is 0.464 e. The Morgan fingerprint density at radius 2 is 2.35 bits per heavy atom. The van der Waals surface area contributed by atoms with Gasteiger partial charge in [-0.05, 0) is 25.7 Å². The second kappa shape index (κ2) is 6.02. The van der Waals surface area contributed by atoms with Crippen molar-refractivity contribution < 1.29 is 14.6 Å². The Kier molecular flexibility index (Phi) is 4.95. The summed E-state index contributed by atoms with van der Waals surface area (Å²) in [4.78, 5) is 11.6. The van der Waals surface area contributed by atoms with E-state index in [0.717, 1.165) is 19.3 Å². The van der Waals surface area contributed by atoms with Crippen LogP contribution in [0.4, 0.5) is 0 Å². The lowest BCUT2D eigenvalue weighted by Crippen LogP contribution is -2.44.